The fourth-order valence-electron chi connectivity index (χ4n) is 1.40. The first-order chi connectivity index (χ1) is 8.66. The van der Waals surface area contributed by atoms with Crippen molar-refractivity contribution in [2.24, 2.45) is 0 Å². The summed E-state index contributed by atoms with van der Waals surface area (Å²) in [6, 6.07) is 3.72. The number of H-pyrrole nitrogens is 1. The number of nitrogens with one attached hydrogen (secondary N) is 2. The molecule has 0 radical (unpaired) electrons. The van der Waals surface area contributed by atoms with Gasteiger partial charge >= 0.3 is 0 Å². The molecule has 2 heterocycles. The zero-order valence-electron chi connectivity index (χ0n) is 10.3. The molecule has 0 aliphatic carbocycles. The molecule has 0 bridgehead atoms. The van der Waals surface area contributed by atoms with Crippen LogP contribution in [0.4, 0.5) is 0 Å². The number of nitrogens with zero attached hydrogens (tertiary/aromatic N) is 3. The van der Waals surface area contributed by atoms with Crippen molar-refractivity contribution < 1.29 is 4.79 Å². The average Bonchev–Trinajstić information content (AvgIpc) is 2.87. The maximum absolute atomic E-state index is 11.8. The molecule has 0 aliphatic heterocycles. The third-order valence-electron chi connectivity index (χ3n) is 2.43. The largest absolute Gasteiger partial charge is 0.345 e. The maximum atomic E-state index is 11.8. The third kappa shape index (κ3) is 2.91. The Morgan fingerprint density at radius 1 is 1.50 bits per heavy atom. The summed E-state index contributed by atoms with van der Waals surface area (Å²) in [6.07, 6.45) is 3.40. The van der Waals surface area contributed by atoms with Gasteiger partial charge in [-0.2, -0.15) is 0 Å². The van der Waals surface area contributed by atoms with Gasteiger partial charge in [-0.15, -0.1) is 5.10 Å². The number of aromatic nitrogens is 4. The van der Waals surface area contributed by atoms with Crippen molar-refractivity contribution in [2.75, 3.05) is 0 Å². The van der Waals surface area contributed by atoms with Crippen LogP contribution in [0, 0.1) is 0 Å². The van der Waals surface area contributed by atoms with E-state index in [0.717, 1.165) is 5.56 Å². The lowest BCUT2D eigenvalue weighted by molar-refractivity contribution is 0.0941. The zero-order valence-corrected chi connectivity index (χ0v) is 10.3. The van der Waals surface area contributed by atoms with E-state index in [-0.39, 0.29) is 17.6 Å². The lowest BCUT2D eigenvalue weighted by Gasteiger charge is -2.01. The van der Waals surface area contributed by atoms with E-state index >= 15 is 0 Å². The van der Waals surface area contributed by atoms with Crippen LogP contribution in [0.15, 0.2) is 24.5 Å². The van der Waals surface area contributed by atoms with Gasteiger partial charge in [0.2, 0.25) is 5.82 Å². The van der Waals surface area contributed by atoms with Crippen LogP contribution >= 0.6 is 0 Å². The lowest BCUT2D eigenvalue weighted by Crippen LogP contribution is -2.24. The Morgan fingerprint density at radius 2 is 2.33 bits per heavy atom. The van der Waals surface area contributed by atoms with Crippen LogP contribution in [0.3, 0.4) is 0 Å². The highest BCUT2D eigenvalue weighted by Crippen LogP contribution is 2.07. The van der Waals surface area contributed by atoms with Crippen molar-refractivity contribution in [1.29, 1.82) is 0 Å². The second-order valence-electron chi connectivity index (χ2n) is 4.24. The highest BCUT2D eigenvalue weighted by atomic mass is 16.2. The van der Waals surface area contributed by atoms with E-state index in [1.54, 1.807) is 12.4 Å². The van der Waals surface area contributed by atoms with Crippen LogP contribution in [-0.2, 0) is 6.54 Å². The van der Waals surface area contributed by atoms with Crippen molar-refractivity contribution in [3.8, 4) is 0 Å². The first kappa shape index (κ1) is 12.2. The van der Waals surface area contributed by atoms with Crippen molar-refractivity contribution in [2.45, 2.75) is 26.3 Å². The first-order valence-electron chi connectivity index (χ1n) is 5.76. The zero-order chi connectivity index (χ0) is 13.0. The Labute approximate surface area is 105 Å². The molecular formula is C12H15N5O. The van der Waals surface area contributed by atoms with Gasteiger partial charge in [-0.25, -0.2) is 4.98 Å². The van der Waals surface area contributed by atoms with E-state index in [2.05, 4.69) is 25.5 Å². The fraction of sp³-hybridized carbons (Fsp3) is 0.333. The highest BCUT2D eigenvalue weighted by molar-refractivity contribution is 5.90. The standard InChI is InChI=1S/C12H15N5O/c1-8(2)10-15-11(17-16-10)12(18)14-7-9-4-3-5-13-6-9/h3-6,8H,7H2,1-2H3,(H,14,18)(H,15,16,17). The van der Waals surface area contributed by atoms with Gasteiger partial charge in [0.05, 0.1) is 0 Å². The predicted molar refractivity (Wildman–Crippen MR) is 65.9 cm³/mol. The van der Waals surface area contributed by atoms with E-state index in [9.17, 15) is 4.79 Å². The van der Waals surface area contributed by atoms with E-state index in [1.807, 2.05) is 26.0 Å². The molecule has 6 nitrogen and oxygen atoms in total. The predicted octanol–water partition coefficient (Wildman–Crippen LogP) is 1.25. The van der Waals surface area contributed by atoms with Crippen LogP contribution in [0.1, 0.15) is 41.8 Å². The second-order valence-corrected chi connectivity index (χ2v) is 4.24. The Hall–Kier alpha value is -2.24. The van der Waals surface area contributed by atoms with Gasteiger partial charge in [-0.05, 0) is 11.6 Å². The number of amides is 1. The molecule has 18 heavy (non-hydrogen) atoms. The van der Waals surface area contributed by atoms with Crippen LogP contribution in [-0.4, -0.2) is 26.1 Å². The molecule has 6 heteroatoms. The van der Waals surface area contributed by atoms with Gasteiger partial charge in [0, 0.05) is 24.9 Å². The van der Waals surface area contributed by atoms with Crippen LogP contribution in [0.5, 0.6) is 0 Å². The molecule has 94 valence electrons. The topological polar surface area (TPSA) is 83.6 Å². The fourth-order valence-corrected chi connectivity index (χ4v) is 1.40. The molecule has 0 aliphatic rings. The van der Waals surface area contributed by atoms with E-state index in [4.69, 9.17) is 0 Å². The molecule has 1 amide bonds. The minimum Gasteiger partial charge on any atom is -0.345 e. The van der Waals surface area contributed by atoms with Crippen LogP contribution in [0.25, 0.3) is 0 Å². The number of hydrogen-bond acceptors (Lipinski definition) is 4. The van der Waals surface area contributed by atoms with Gasteiger partial charge in [-0.3, -0.25) is 14.9 Å². The van der Waals surface area contributed by atoms with Gasteiger partial charge < -0.3 is 5.32 Å². The van der Waals surface area contributed by atoms with Crippen molar-refractivity contribution in [3.05, 3.63) is 41.7 Å². The number of pyridine rings is 1. The SMILES string of the molecule is CC(C)c1nc(C(=O)NCc2cccnc2)n[nH]1. The van der Waals surface area contributed by atoms with E-state index < -0.39 is 0 Å². The number of aromatic amines is 1. The monoisotopic (exact) mass is 245 g/mol. The van der Waals surface area contributed by atoms with Crippen molar-refractivity contribution in [1.82, 2.24) is 25.5 Å². The molecule has 2 aromatic heterocycles. The molecule has 0 spiro atoms. The summed E-state index contributed by atoms with van der Waals surface area (Å²) in [5, 5.41) is 9.38. The minimum atomic E-state index is -0.290. The Balaban J connectivity index is 1.95. The summed E-state index contributed by atoms with van der Waals surface area (Å²) in [5.41, 5.74) is 0.936. The smallest absolute Gasteiger partial charge is 0.291 e. The summed E-state index contributed by atoms with van der Waals surface area (Å²) in [5.74, 6) is 0.809. The molecule has 0 atom stereocenters. The number of rotatable bonds is 4. The Bertz CT molecular complexity index is 520. The molecule has 2 aromatic rings. The molecular weight excluding hydrogens is 230 g/mol. The molecule has 2 rings (SSSR count). The summed E-state index contributed by atoms with van der Waals surface area (Å²) < 4.78 is 0. The van der Waals surface area contributed by atoms with Crippen LogP contribution in [0.2, 0.25) is 0 Å². The van der Waals surface area contributed by atoms with E-state index in [0.29, 0.717) is 12.4 Å². The van der Waals surface area contributed by atoms with Gasteiger partial charge in [0.1, 0.15) is 5.82 Å². The number of carbonyl (C=O) groups excluding carboxylic acids is 1. The van der Waals surface area contributed by atoms with Crippen molar-refractivity contribution >= 4 is 5.91 Å². The van der Waals surface area contributed by atoms with Gasteiger partial charge in [0.15, 0.2) is 0 Å². The Morgan fingerprint density at radius 3 is 2.94 bits per heavy atom. The molecule has 0 saturated heterocycles. The van der Waals surface area contributed by atoms with Gasteiger partial charge in [-0.1, -0.05) is 19.9 Å². The summed E-state index contributed by atoms with van der Waals surface area (Å²) in [4.78, 5) is 19.9. The number of carbonyl (C=O) groups is 1. The Kier molecular flexibility index (Phi) is 3.66. The number of hydrogen-bond donors (Lipinski definition) is 2. The molecule has 0 fully saturated rings. The van der Waals surface area contributed by atoms with Gasteiger partial charge in [0.25, 0.3) is 5.91 Å². The molecule has 0 unspecified atom stereocenters. The summed E-state index contributed by atoms with van der Waals surface area (Å²) in [6.45, 7) is 4.38. The summed E-state index contributed by atoms with van der Waals surface area (Å²) >= 11 is 0. The normalized spacial score (nSPS) is 10.6. The second kappa shape index (κ2) is 5.39. The maximum Gasteiger partial charge on any atom is 0.291 e. The highest BCUT2D eigenvalue weighted by Gasteiger charge is 2.13. The first-order valence-corrected chi connectivity index (χ1v) is 5.76. The van der Waals surface area contributed by atoms with Crippen molar-refractivity contribution in [3.63, 3.8) is 0 Å². The lowest BCUT2D eigenvalue weighted by atomic mass is 10.2. The molecule has 0 aromatic carbocycles. The van der Waals surface area contributed by atoms with E-state index in [1.165, 1.54) is 0 Å². The average molecular weight is 245 g/mol. The third-order valence-corrected chi connectivity index (χ3v) is 2.43. The molecule has 0 saturated carbocycles. The summed E-state index contributed by atoms with van der Waals surface area (Å²) in [7, 11) is 0. The minimum absolute atomic E-state index is 0.169. The quantitative estimate of drug-likeness (QED) is 0.849. The van der Waals surface area contributed by atoms with Crippen LogP contribution < -0.4 is 5.32 Å². The molecule has 2 N–H and O–H groups in total.